The molecule has 3 rings (SSSR count). The number of thiophene rings is 1. The summed E-state index contributed by atoms with van der Waals surface area (Å²) in [6.07, 6.45) is 1.06. The molecule has 0 spiro atoms. The maximum absolute atomic E-state index is 6.38. The third kappa shape index (κ3) is 2.83. The average Bonchev–Trinajstić information content (AvgIpc) is 3.05. The minimum Gasteiger partial charge on any atom is -0.320 e. The Balaban J connectivity index is 2.12. The summed E-state index contributed by atoms with van der Waals surface area (Å²) < 4.78 is 2.14. The first-order valence-electron chi connectivity index (χ1n) is 6.96. The first-order chi connectivity index (χ1) is 10.1. The number of alkyl halides is 1. The van der Waals surface area contributed by atoms with Gasteiger partial charge < -0.3 is 4.57 Å². The number of aryl methyl sites for hydroxylation is 1. The van der Waals surface area contributed by atoms with E-state index in [0.717, 1.165) is 34.8 Å². The van der Waals surface area contributed by atoms with Crippen molar-refractivity contribution in [2.75, 3.05) is 0 Å². The molecular weight excluding hydrogens is 323 g/mol. The molecule has 2 nitrogen and oxygen atoms in total. The summed E-state index contributed by atoms with van der Waals surface area (Å²) >= 11 is 14.5. The Morgan fingerprint density at radius 3 is 2.67 bits per heavy atom. The number of rotatable bonds is 4. The van der Waals surface area contributed by atoms with Gasteiger partial charge in [0.05, 0.1) is 28.0 Å². The fourth-order valence-corrected chi connectivity index (χ4v) is 3.86. The van der Waals surface area contributed by atoms with Crippen LogP contribution in [0.25, 0.3) is 11.0 Å². The summed E-state index contributed by atoms with van der Waals surface area (Å²) in [5.74, 6) is 0.867. The van der Waals surface area contributed by atoms with Crippen molar-refractivity contribution >= 4 is 45.6 Å². The molecular formula is C16H16Cl2N2S. The summed E-state index contributed by atoms with van der Waals surface area (Å²) in [5, 5.41) is 0.565. The van der Waals surface area contributed by atoms with E-state index < -0.39 is 0 Å². The van der Waals surface area contributed by atoms with Gasteiger partial charge in [-0.25, -0.2) is 4.98 Å². The van der Waals surface area contributed by atoms with Crippen LogP contribution in [-0.2, 0) is 13.0 Å². The monoisotopic (exact) mass is 338 g/mol. The van der Waals surface area contributed by atoms with Crippen molar-refractivity contribution in [3.63, 3.8) is 0 Å². The minimum absolute atomic E-state index is 0.154. The van der Waals surface area contributed by atoms with Crippen LogP contribution in [0.3, 0.4) is 0 Å². The molecule has 21 heavy (non-hydrogen) atoms. The largest absolute Gasteiger partial charge is 0.320 e. The summed E-state index contributed by atoms with van der Waals surface area (Å²) in [4.78, 5) is 7.33. The maximum atomic E-state index is 6.38. The average molecular weight is 339 g/mol. The van der Waals surface area contributed by atoms with Gasteiger partial charge in [-0.1, -0.05) is 24.6 Å². The molecule has 0 N–H and O–H groups in total. The number of hydrogen-bond acceptors (Lipinski definition) is 2. The van der Waals surface area contributed by atoms with Crippen LogP contribution in [0.4, 0.5) is 0 Å². The highest BCUT2D eigenvalue weighted by Crippen LogP contribution is 2.31. The number of imidazole rings is 1. The lowest BCUT2D eigenvalue weighted by Crippen LogP contribution is -2.05. The van der Waals surface area contributed by atoms with Gasteiger partial charge in [0.2, 0.25) is 0 Å². The molecule has 0 bridgehead atoms. The van der Waals surface area contributed by atoms with Crippen LogP contribution >= 0.6 is 34.5 Å². The van der Waals surface area contributed by atoms with Gasteiger partial charge in [0.25, 0.3) is 0 Å². The highest BCUT2D eigenvalue weighted by Gasteiger charge is 2.17. The molecule has 0 radical (unpaired) electrons. The summed E-state index contributed by atoms with van der Waals surface area (Å²) in [7, 11) is 0. The predicted molar refractivity (Wildman–Crippen MR) is 91.8 cm³/mol. The minimum atomic E-state index is -0.154. The van der Waals surface area contributed by atoms with E-state index in [2.05, 4.69) is 28.6 Å². The van der Waals surface area contributed by atoms with Gasteiger partial charge in [0, 0.05) is 9.75 Å². The van der Waals surface area contributed by atoms with E-state index in [1.165, 1.54) is 9.75 Å². The molecule has 0 saturated heterocycles. The van der Waals surface area contributed by atoms with Crippen molar-refractivity contribution in [2.45, 2.75) is 32.2 Å². The zero-order chi connectivity index (χ0) is 15.0. The lowest BCUT2D eigenvalue weighted by molar-refractivity contribution is 0.750. The summed E-state index contributed by atoms with van der Waals surface area (Å²) in [6, 6.07) is 10.2. The Kier molecular flexibility index (Phi) is 4.25. The van der Waals surface area contributed by atoms with Gasteiger partial charge in [-0.2, -0.15) is 0 Å². The van der Waals surface area contributed by atoms with Crippen LogP contribution in [0.15, 0.2) is 30.3 Å². The van der Waals surface area contributed by atoms with Crippen molar-refractivity contribution in [2.24, 2.45) is 0 Å². The van der Waals surface area contributed by atoms with Crippen molar-refractivity contribution < 1.29 is 0 Å². The van der Waals surface area contributed by atoms with Crippen molar-refractivity contribution in [3.8, 4) is 0 Å². The van der Waals surface area contributed by atoms with E-state index in [4.69, 9.17) is 23.2 Å². The van der Waals surface area contributed by atoms with Crippen molar-refractivity contribution in [1.82, 2.24) is 9.55 Å². The van der Waals surface area contributed by atoms with E-state index in [9.17, 15) is 0 Å². The van der Waals surface area contributed by atoms with E-state index >= 15 is 0 Å². The molecule has 2 heterocycles. The molecule has 0 saturated carbocycles. The third-order valence-corrected chi connectivity index (χ3v) is 5.20. The fraction of sp³-hybridized carbons (Fsp3) is 0.312. The molecule has 3 aromatic rings. The molecule has 0 fully saturated rings. The molecule has 0 aliphatic rings. The van der Waals surface area contributed by atoms with E-state index in [-0.39, 0.29) is 5.38 Å². The molecule has 1 aromatic carbocycles. The molecule has 1 atom stereocenters. The molecule has 0 aliphatic heterocycles. The first kappa shape index (κ1) is 14.9. The highest BCUT2D eigenvalue weighted by molar-refractivity contribution is 7.11. The van der Waals surface area contributed by atoms with Gasteiger partial charge in [-0.15, -0.1) is 22.9 Å². The second-order valence-corrected chi connectivity index (χ2v) is 7.32. The van der Waals surface area contributed by atoms with Gasteiger partial charge in [0.1, 0.15) is 5.82 Å². The normalized spacial score (nSPS) is 13.0. The lowest BCUT2D eigenvalue weighted by Gasteiger charge is -2.10. The van der Waals surface area contributed by atoms with E-state index in [0.29, 0.717) is 0 Å². The number of halogens is 2. The third-order valence-electron chi connectivity index (χ3n) is 3.48. The van der Waals surface area contributed by atoms with Gasteiger partial charge in [0.15, 0.2) is 0 Å². The second-order valence-electron chi connectivity index (χ2n) is 5.00. The zero-order valence-electron chi connectivity index (χ0n) is 11.9. The molecule has 0 amide bonds. The van der Waals surface area contributed by atoms with Crippen LogP contribution < -0.4 is 0 Å². The van der Waals surface area contributed by atoms with Gasteiger partial charge in [-0.05, 0) is 37.6 Å². The molecule has 0 aliphatic carbocycles. The number of fused-ring (bicyclic) bond motifs is 1. The van der Waals surface area contributed by atoms with Gasteiger partial charge >= 0.3 is 0 Å². The van der Waals surface area contributed by atoms with Crippen molar-refractivity contribution in [1.29, 1.82) is 0 Å². The topological polar surface area (TPSA) is 17.8 Å². The Morgan fingerprint density at radius 2 is 2.00 bits per heavy atom. The standard InChI is InChI=1S/C16H16Cl2N2S/c1-3-11-7-8-12(21-11)9-20-15-13(18)5-4-6-14(15)19-16(20)10(2)17/h4-8,10H,3,9H2,1-2H3. The van der Waals surface area contributed by atoms with Crippen LogP contribution in [0, 0.1) is 0 Å². The molecule has 5 heteroatoms. The molecule has 2 aromatic heterocycles. The van der Waals surface area contributed by atoms with Crippen LogP contribution in [0.2, 0.25) is 5.02 Å². The zero-order valence-corrected chi connectivity index (χ0v) is 14.3. The van der Waals surface area contributed by atoms with Crippen molar-refractivity contribution in [3.05, 3.63) is 50.9 Å². The van der Waals surface area contributed by atoms with Gasteiger partial charge in [-0.3, -0.25) is 0 Å². The SMILES string of the molecule is CCc1ccc(Cn2c(C(C)Cl)nc3cccc(Cl)c32)s1. The molecule has 1 unspecified atom stereocenters. The highest BCUT2D eigenvalue weighted by atomic mass is 35.5. The van der Waals surface area contributed by atoms with E-state index in [1.54, 1.807) is 0 Å². The Bertz CT molecular complexity index is 774. The fourth-order valence-electron chi connectivity index (χ4n) is 2.48. The number of hydrogen-bond donors (Lipinski definition) is 0. The Labute approximate surface area is 138 Å². The summed E-state index contributed by atoms with van der Waals surface area (Å²) in [6.45, 7) is 4.88. The second kappa shape index (κ2) is 5.99. The predicted octanol–water partition coefficient (Wildman–Crippen LogP) is 5.66. The van der Waals surface area contributed by atoms with E-state index in [1.807, 2.05) is 36.5 Å². The quantitative estimate of drug-likeness (QED) is 0.561. The number of aromatic nitrogens is 2. The van der Waals surface area contributed by atoms with Crippen LogP contribution in [0.1, 0.15) is 34.8 Å². The number of para-hydroxylation sites is 1. The Hall–Kier alpha value is -1.03. The van der Waals surface area contributed by atoms with Crippen LogP contribution in [0.5, 0.6) is 0 Å². The maximum Gasteiger partial charge on any atom is 0.128 e. The first-order valence-corrected chi connectivity index (χ1v) is 8.59. The Morgan fingerprint density at radius 1 is 1.24 bits per heavy atom. The summed E-state index contributed by atoms with van der Waals surface area (Å²) in [5.41, 5.74) is 1.87. The van der Waals surface area contributed by atoms with Crippen LogP contribution in [-0.4, -0.2) is 9.55 Å². The smallest absolute Gasteiger partial charge is 0.128 e. The number of benzene rings is 1. The lowest BCUT2D eigenvalue weighted by atomic mass is 10.3. The molecule has 110 valence electrons. The number of nitrogens with zero attached hydrogens (tertiary/aromatic N) is 2.